The molecule has 0 bridgehead atoms. The Labute approximate surface area is 82.7 Å². The summed E-state index contributed by atoms with van der Waals surface area (Å²) in [7, 11) is 3.57. The Morgan fingerprint density at radius 3 is 3.00 bits per heavy atom. The van der Waals surface area contributed by atoms with Crippen molar-refractivity contribution in [1.29, 1.82) is 0 Å². The highest BCUT2D eigenvalue weighted by atomic mass is 16.5. The standard InChI is InChI=1S/C11H13NO2/c1-12-6-8-7-14-11-5-9(13-2)3-4-10(8)11/h3-5,7,12H,6H2,1-2H3. The van der Waals surface area contributed by atoms with E-state index in [0.717, 1.165) is 23.3 Å². The van der Waals surface area contributed by atoms with Crippen LogP contribution in [0.1, 0.15) is 5.56 Å². The summed E-state index contributed by atoms with van der Waals surface area (Å²) < 4.78 is 10.5. The molecule has 0 saturated carbocycles. The van der Waals surface area contributed by atoms with Crippen molar-refractivity contribution >= 4 is 11.0 Å². The number of hydrogen-bond acceptors (Lipinski definition) is 3. The number of furan rings is 1. The first-order valence-electron chi connectivity index (χ1n) is 4.54. The molecule has 0 spiro atoms. The van der Waals surface area contributed by atoms with Crippen LogP contribution in [0.15, 0.2) is 28.9 Å². The van der Waals surface area contributed by atoms with E-state index in [1.807, 2.05) is 25.2 Å². The molecule has 0 fully saturated rings. The summed E-state index contributed by atoms with van der Waals surface area (Å²) in [6, 6.07) is 5.86. The third-order valence-corrected chi connectivity index (χ3v) is 2.23. The SMILES string of the molecule is CNCc1coc2cc(OC)ccc12. The Kier molecular flexibility index (Phi) is 2.41. The average Bonchev–Trinajstić information content (AvgIpc) is 2.61. The quantitative estimate of drug-likeness (QED) is 0.807. The molecule has 2 rings (SSSR count). The van der Waals surface area contributed by atoms with Gasteiger partial charge in [0.1, 0.15) is 11.3 Å². The number of fused-ring (bicyclic) bond motifs is 1. The molecular weight excluding hydrogens is 178 g/mol. The number of methoxy groups -OCH3 is 1. The van der Waals surface area contributed by atoms with Gasteiger partial charge in [-0.1, -0.05) is 0 Å². The van der Waals surface area contributed by atoms with Crippen LogP contribution in [0.2, 0.25) is 0 Å². The Balaban J connectivity index is 2.48. The van der Waals surface area contributed by atoms with E-state index in [0.29, 0.717) is 0 Å². The van der Waals surface area contributed by atoms with Gasteiger partial charge < -0.3 is 14.5 Å². The van der Waals surface area contributed by atoms with E-state index in [9.17, 15) is 0 Å². The van der Waals surface area contributed by atoms with Crippen molar-refractivity contribution < 1.29 is 9.15 Å². The van der Waals surface area contributed by atoms with Crippen LogP contribution in [-0.4, -0.2) is 14.2 Å². The molecule has 14 heavy (non-hydrogen) atoms. The summed E-state index contributed by atoms with van der Waals surface area (Å²) in [5, 5.41) is 4.24. The molecule has 1 heterocycles. The van der Waals surface area contributed by atoms with Crippen molar-refractivity contribution in [2.45, 2.75) is 6.54 Å². The second-order valence-corrected chi connectivity index (χ2v) is 3.15. The summed E-state index contributed by atoms with van der Waals surface area (Å²) in [6.45, 7) is 0.819. The molecule has 0 radical (unpaired) electrons. The van der Waals surface area contributed by atoms with Gasteiger partial charge in [-0.25, -0.2) is 0 Å². The molecule has 0 aliphatic carbocycles. The molecule has 1 aromatic heterocycles. The van der Waals surface area contributed by atoms with Gasteiger partial charge in [0.2, 0.25) is 0 Å². The van der Waals surface area contributed by atoms with Crippen molar-refractivity contribution in [1.82, 2.24) is 5.32 Å². The maximum atomic E-state index is 5.42. The molecule has 1 aromatic carbocycles. The van der Waals surface area contributed by atoms with Crippen LogP contribution in [0.5, 0.6) is 5.75 Å². The van der Waals surface area contributed by atoms with Crippen LogP contribution in [0.4, 0.5) is 0 Å². The van der Waals surface area contributed by atoms with Crippen LogP contribution in [0, 0.1) is 0 Å². The predicted molar refractivity (Wildman–Crippen MR) is 55.5 cm³/mol. The number of nitrogens with one attached hydrogen (secondary N) is 1. The molecule has 0 atom stereocenters. The molecular formula is C11H13NO2. The smallest absolute Gasteiger partial charge is 0.137 e. The minimum absolute atomic E-state index is 0.819. The number of benzene rings is 1. The zero-order chi connectivity index (χ0) is 9.97. The molecule has 0 aliphatic rings. The van der Waals surface area contributed by atoms with Crippen molar-refractivity contribution in [2.75, 3.05) is 14.2 Å². The minimum Gasteiger partial charge on any atom is -0.497 e. The van der Waals surface area contributed by atoms with Crippen LogP contribution in [0.3, 0.4) is 0 Å². The van der Waals surface area contributed by atoms with E-state index in [2.05, 4.69) is 5.32 Å². The first-order valence-corrected chi connectivity index (χ1v) is 4.54. The number of ether oxygens (including phenoxy) is 1. The molecule has 0 unspecified atom stereocenters. The van der Waals surface area contributed by atoms with Gasteiger partial charge in [0.25, 0.3) is 0 Å². The van der Waals surface area contributed by atoms with Crippen LogP contribution >= 0.6 is 0 Å². The highest BCUT2D eigenvalue weighted by Crippen LogP contribution is 2.25. The molecule has 3 heteroatoms. The highest BCUT2D eigenvalue weighted by Gasteiger charge is 2.05. The maximum Gasteiger partial charge on any atom is 0.137 e. The van der Waals surface area contributed by atoms with Crippen molar-refractivity contribution in [3.63, 3.8) is 0 Å². The van der Waals surface area contributed by atoms with Crippen molar-refractivity contribution in [3.8, 4) is 5.75 Å². The first-order chi connectivity index (χ1) is 6.85. The van der Waals surface area contributed by atoms with E-state index in [1.54, 1.807) is 13.4 Å². The third-order valence-electron chi connectivity index (χ3n) is 2.23. The minimum atomic E-state index is 0.819. The highest BCUT2D eigenvalue weighted by molar-refractivity contribution is 5.82. The summed E-state index contributed by atoms with van der Waals surface area (Å²) >= 11 is 0. The molecule has 74 valence electrons. The molecule has 2 aromatic rings. The average molecular weight is 191 g/mol. The van der Waals surface area contributed by atoms with Gasteiger partial charge in [-0.3, -0.25) is 0 Å². The van der Waals surface area contributed by atoms with Gasteiger partial charge >= 0.3 is 0 Å². The Morgan fingerprint density at radius 2 is 2.29 bits per heavy atom. The molecule has 3 nitrogen and oxygen atoms in total. The van der Waals surface area contributed by atoms with E-state index in [4.69, 9.17) is 9.15 Å². The molecule has 0 saturated heterocycles. The van der Waals surface area contributed by atoms with Crippen LogP contribution < -0.4 is 10.1 Å². The van der Waals surface area contributed by atoms with E-state index >= 15 is 0 Å². The molecule has 0 amide bonds. The predicted octanol–water partition coefficient (Wildman–Crippen LogP) is 2.16. The molecule has 0 aliphatic heterocycles. The Bertz CT molecular complexity index is 434. The monoisotopic (exact) mass is 191 g/mol. The lowest BCUT2D eigenvalue weighted by Crippen LogP contribution is -2.03. The van der Waals surface area contributed by atoms with Gasteiger partial charge in [0.15, 0.2) is 0 Å². The van der Waals surface area contributed by atoms with E-state index < -0.39 is 0 Å². The lowest BCUT2D eigenvalue weighted by atomic mass is 10.2. The van der Waals surface area contributed by atoms with E-state index in [-0.39, 0.29) is 0 Å². The topological polar surface area (TPSA) is 34.4 Å². The largest absolute Gasteiger partial charge is 0.497 e. The second-order valence-electron chi connectivity index (χ2n) is 3.15. The lowest BCUT2D eigenvalue weighted by molar-refractivity contribution is 0.414. The van der Waals surface area contributed by atoms with Crippen molar-refractivity contribution in [2.24, 2.45) is 0 Å². The Morgan fingerprint density at radius 1 is 1.43 bits per heavy atom. The number of rotatable bonds is 3. The summed E-state index contributed by atoms with van der Waals surface area (Å²) in [4.78, 5) is 0. The van der Waals surface area contributed by atoms with Crippen LogP contribution in [0.25, 0.3) is 11.0 Å². The van der Waals surface area contributed by atoms with Gasteiger partial charge in [0, 0.05) is 23.6 Å². The second kappa shape index (κ2) is 3.72. The Hall–Kier alpha value is -1.48. The fourth-order valence-electron chi connectivity index (χ4n) is 1.52. The normalized spacial score (nSPS) is 10.7. The van der Waals surface area contributed by atoms with Gasteiger partial charge in [0.05, 0.1) is 13.4 Å². The van der Waals surface area contributed by atoms with Gasteiger partial charge in [-0.2, -0.15) is 0 Å². The number of hydrogen-bond donors (Lipinski definition) is 1. The van der Waals surface area contributed by atoms with Gasteiger partial charge in [-0.05, 0) is 19.2 Å². The fourth-order valence-corrected chi connectivity index (χ4v) is 1.52. The fraction of sp³-hybridized carbons (Fsp3) is 0.273. The zero-order valence-electron chi connectivity index (χ0n) is 8.33. The third kappa shape index (κ3) is 1.46. The first kappa shape index (κ1) is 9.09. The maximum absolute atomic E-state index is 5.42. The summed E-state index contributed by atoms with van der Waals surface area (Å²) in [5.74, 6) is 0.822. The van der Waals surface area contributed by atoms with Crippen molar-refractivity contribution in [3.05, 3.63) is 30.0 Å². The summed E-state index contributed by atoms with van der Waals surface area (Å²) in [6.07, 6.45) is 1.78. The van der Waals surface area contributed by atoms with Crippen LogP contribution in [-0.2, 0) is 6.54 Å². The lowest BCUT2D eigenvalue weighted by Gasteiger charge is -1.99. The van der Waals surface area contributed by atoms with Gasteiger partial charge in [-0.15, -0.1) is 0 Å². The molecule has 1 N–H and O–H groups in total. The summed E-state index contributed by atoms with van der Waals surface area (Å²) in [5.41, 5.74) is 2.04. The zero-order valence-corrected chi connectivity index (χ0v) is 8.33. The van der Waals surface area contributed by atoms with E-state index in [1.165, 1.54) is 5.56 Å².